The molecule has 3 amide bonds. The summed E-state index contributed by atoms with van der Waals surface area (Å²) in [5.74, 6) is -4.07. The van der Waals surface area contributed by atoms with E-state index in [0.29, 0.717) is 158 Å². The van der Waals surface area contributed by atoms with E-state index in [1.807, 2.05) is 220 Å². The average molecular weight is 2490 g/mol. The topological polar surface area (TPSA) is 272 Å². The van der Waals surface area contributed by atoms with Crippen molar-refractivity contribution in [3.05, 3.63) is 419 Å². The molecule has 0 unspecified atom stereocenters. The van der Waals surface area contributed by atoms with Crippen LogP contribution in [0.4, 0.5) is 17.1 Å². The average Bonchev–Trinajstić information content (AvgIpc) is 1.71. The second kappa shape index (κ2) is 52.1. The van der Waals surface area contributed by atoms with Crippen molar-refractivity contribution in [2.45, 2.75) is 133 Å². The summed E-state index contributed by atoms with van der Waals surface area (Å²) < 4.78 is 2.55. The van der Waals surface area contributed by atoms with Gasteiger partial charge in [-0.05, 0) is 287 Å². The third-order valence-corrected chi connectivity index (χ3v) is 31.6. The van der Waals surface area contributed by atoms with Crippen LogP contribution in [0, 0.1) is 7.14 Å². The number of carboxylic acids is 3. The Balaban J connectivity index is 0.000000192. The van der Waals surface area contributed by atoms with E-state index in [1.165, 1.54) is 0 Å². The van der Waals surface area contributed by atoms with Crippen LogP contribution >= 0.6 is 161 Å². The van der Waals surface area contributed by atoms with Crippen molar-refractivity contribution in [3.63, 3.8) is 0 Å². The number of carbonyl (C=O) groups is 6. The first-order valence-electron chi connectivity index (χ1n) is 45.5. The third-order valence-electron chi connectivity index (χ3n) is 25.8. The summed E-state index contributed by atoms with van der Waals surface area (Å²) in [4.78, 5) is 101. The van der Waals surface area contributed by atoms with Gasteiger partial charge in [-0.1, -0.05) is 292 Å². The number of carbonyl (C=O) groups excluding carboxylic acids is 3. The van der Waals surface area contributed by atoms with Gasteiger partial charge in [0, 0.05) is 132 Å². The van der Waals surface area contributed by atoms with Crippen LogP contribution in [0.2, 0.25) is 45.2 Å². The number of likely N-dealkylation sites (tertiary alicyclic amines) is 3. The van der Waals surface area contributed by atoms with Crippen molar-refractivity contribution in [2.75, 3.05) is 19.6 Å². The van der Waals surface area contributed by atoms with Crippen LogP contribution in [-0.4, -0.2) is 142 Å². The summed E-state index contributed by atoms with van der Waals surface area (Å²) in [5.41, 5.74) is 8.38. The summed E-state index contributed by atoms with van der Waals surface area (Å²) in [5, 5.41) is 64.2. The van der Waals surface area contributed by atoms with E-state index in [4.69, 9.17) is 119 Å². The van der Waals surface area contributed by atoms with Gasteiger partial charge < -0.3 is 50.8 Å². The van der Waals surface area contributed by atoms with Crippen LogP contribution in [0.5, 0.6) is 5.75 Å². The van der Waals surface area contributed by atoms with Crippen molar-refractivity contribution >= 4 is 252 Å². The molecule has 145 heavy (non-hydrogen) atoms. The predicted molar refractivity (Wildman–Crippen MR) is 593 cm³/mol. The van der Waals surface area contributed by atoms with Crippen molar-refractivity contribution in [1.29, 1.82) is 0 Å². The monoisotopic (exact) mass is 2490 g/mol. The molecule has 3 saturated heterocycles. The van der Waals surface area contributed by atoms with Crippen molar-refractivity contribution in [3.8, 4) is 5.75 Å². The Labute approximate surface area is 947 Å². The van der Waals surface area contributed by atoms with Gasteiger partial charge >= 0.3 is 17.9 Å². The standard InChI is InChI=1S/C39H34Cl3N3O3.C37H32Cl3N3O3S.C35H30Cl3I2N3O4.3Ni/c1-39(19-8-20-45(39)24-25-15-17-32(41)33(42)21-25)38(48)44-34-18-16-29(40)23-31(34)36(27-10-3-2-4-11-27)43-35(37(46)47)22-28-13-7-12-26-9-5-6-14-30(26)28;1-37(16-7-17-43(37)21-23-12-14-29(39)30(40)18-23)36(46)42-31-15-13-26(38)20-28(31)34(24-8-3-2-4-9-24)41-32(35(44)45)19-25-22-47-33-11-6-5-10-27(25)33;1-35(12-5-13-43(35)19-20-8-10-26(37)27(38)14-20)34(47)42-30-11-9-22(36)15-25(30)32(21-6-3-2-4-7-21)41-31(33(45)46)18-24-28(39)16-23(44)17-29(24)40;;;/h2-7,9-18,21,23,35H,8,19-20,22,24H2,1H3,(H2,43,44,46,47,48);2-6,8-15,18,20,22,32H,7,16-17,19,21H2,1H3,(H2,41,42,44,45,46);2-4,6-11,14-17,31H,5,12-13,18-19H2,1H3,(H3,41,42,44,45,46,47);;;/p-3/t35-,39+;32-,37+;31-,35+;;;/m111.../s1. The molecule has 0 spiro atoms. The SMILES string of the molecule is C[C@@]1(C(=O)[N-]c2ccc(Cl)cc2C(=N[C@H](Cc2c(I)cc(O)cc2I)C(=O)O)c2ccccc2)CCCN1Cc1ccc(Cl)c(Cl)c1.C[C@@]1(C(=O)[N-]c2ccc(Cl)cc2C(=N[C@H](Cc2cccc3ccccc23)C(=O)O)c2ccccc2)CCCN1Cc1ccc(Cl)c(Cl)c1.C[C@@]1(C(=O)[N-]c2ccc(Cl)cc2C(=N[C@H](Cc2csc3ccccc23)C(=O)O)c2ccccc2)CCCN1Cc1ccc(Cl)c(Cl)c1.[Ni].[Ni].[Ni]. The number of amides is 3. The molecule has 14 aromatic rings. The minimum Gasteiger partial charge on any atom is -0.625 e. The first-order chi connectivity index (χ1) is 68.1. The number of thiophene rings is 1. The normalized spacial score (nSPS) is 17.1. The predicted octanol–water partition coefficient (Wildman–Crippen LogP) is 29.6. The van der Waals surface area contributed by atoms with Crippen LogP contribution in [0.3, 0.4) is 0 Å². The number of aromatic hydroxyl groups is 1. The van der Waals surface area contributed by atoms with E-state index >= 15 is 0 Å². The molecule has 19 nitrogen and oxygen atoms in total. The molecule has 1 aromatic heterocycles. The minimum atomic E-state index is -1.19. The second-order valence-corrected chi connectivity index (χ2v) is 42.4. The number of halogens is 11. The number of hydrogen-bond acceptors (Lipinski definition) is 14. The Morgan fingerprint density at radius 1 is 0.372 bits per heavy atom. The van der Waals surface area contributed by atoms with Gasteiger partial charge in [0.25, 0.3) is 0 Å². The Kier molecular flexibility index (Phi) is 41.2. The maximum atomic E-state index is 14.1. The molecule has 0 aliphatic carbocycles. The van der Waals surface area contributed by atoms with Crippen LogP contribution in [0.15, 0.2) is 299 Å². The van der Waals surface area contributed by atoms with E-state index in [9.17, 15) is 49.2 Å². The summed E-state index contributed by atoms with van der Waals surface area (Å²) in [6.07, 6.45) is 4.81. The fraction of sp³-hybridized carbons (Fsp3) is 0.216. The first kappa shape index (κ1) is 115. The number of nitrogens with zero attached hydrogens (tertiary/aromatic N) is 9. The van der Waals surface area contributed by atoms with Crippen LogP contribution in [-0.2, 0) is 117 Å². The van der Waals surface area contributed by atoms with Gasteiger partial charge in [-0.3, -0.25) is 29.7 Å². The van der Waals surface area contributed by atoms with Crippen LogP contribution in [0.1, 0.15) is 126 Å². The van der Waals surface area contributed by atoms with E-state index < -0.39 is 52.7 Å². The van der Waals surface area contributed by atoms with Crippen LogP contribution < -0.4 is 0 Å². The molecule has 17 rings (SSSR count). The van der Waals surface area contributed by atoms with Gasteiger partial charge in [-0.15, -0.1) is 28.4 Å². The minimum absolute atomic E-state index is 0. The van der Waals surface area contributed by atoms with E-state index in [2.05, 4.69) is 75.8 Å². The van der Waals surface area contributed by atoms with E-state index in [1.54, 1.807) is 96.3 Å². The third kappa shape index (κ3) is 28.3. The summed E-state index contributed by atoms with van der Waals surface area (Å²) in [6.45, 7) is 9.38. The number of phenolic OH excluding ortho intramolecular Hbond substituents is 1. The maximum Gasteiger partial charge on any atom is 0.328 e. The van der Waals surface area contributed by atoms with E-state index in [-0.39, 0.29) is 92.2 Å². The summed E-state index contributed by atoms with van der Waals surface area (Å²) in [6, 6.07) is 80.8. The Morgan fingerprint density at radius 2 is 0.697 bits per heavy atom. The smallest absolute Gasteiger partial charge is 0.328 e. The summed E-state index contributed by atoms with van der Waals surface area (Å²) >= 11 is 62.6. The zero-order valence-corrected chi connectivity index (χ0v) is 92.6. The first-order valence-corrected chi connectivity index (χ1v) is 52.0. The molecule has 0 bridgehead atoms. The van der Waals surface area contributed by atoms with Gasteiger partial charge in [-0.25, -0.2) is 14.4 Å². The fourth-order valence-corrected chi connectivity index (χ4v) is 22.6. The number of phenols is 1. The number of fused-ring (bicyclic) bond motifs is 2. The summed E-state index contributed by atoms with van der Waals surface area (Å²) in [7, 11) is 0. The molecular formula is C111H93Cl9I2N9Ni3O10S-3. The number of hydrogen-bond donors (Lipinski definition) is 4. The molecular weight excluding hydrogens is 2400 g/mol. The quantitative estimate of drug-likeness (QED) is 0.0185. The van der Waals surface area contributed by atoms with Crippen LogP contribution in [0.25, 0.3) is 36.8 Å². The van der Waals surface area contributed by atoms with Crippen molar-refractivity contribution in [2.24, 2.45) is 15.0 Å². The molecule has 3 aliphatic rings. The fourth-order valence-electron chi connectivity index (χ4n) is 18.0. The van der Waals surface area contributed by atoms with Crippen molar-refractivity contribution in [1.82, 2.24) is 14.7 Å². The molecule has 3 fully saturated rings. The Bertz CT molecular complexity index is 7190. The van der Waals surface area contributed by atoms with Gasteiger partial charge in [0.1, 0.15) is 5.75 Å². The molecule has 4 N–H and O–H groups in total. The van der Waals surface area contributed by atoms with Gasteiger partial charge in [0.05, 0.1) is 81.6 Å². The van der Waals surface area contributed by atoms with Crippen molar-refractivity contribution < 1.29 is 98.7 Å². The second-order valence-electron chi connectivity index (χ2n) is 35.4. The number of aliphatic carboxylic acids is 3. The zero-order chi connectivity index (χ0) is 101. The number of carboxylic acid groups (broad SMARTS) is 3. The largest absolute Gasteiger partial charge is 0.625 e. The molecule has 3 aliphatic heterocycles. The maximum absolute atomic E-state index is 14.1. The van der Waals surface area contributed by atoms with E-state index in [0.717, 1.165) is 93.7 Å². The molecule has 0 radical (unpaired) electrons. The zero-order valence-electron chi connectivity index (χ0n) is 77.8. The molecule has 6 atom stereocenters. The molecule has 4 heterocycles. The van der Waals surface area contributed by atoms with Gasteiger partial charge in [0.15, 0.2) is 18.1 Å². The number of aliphatic imine (C=N–C) groups is 3. The molecule has 34 heteroatoms. The van der Waals surface area contributed by atoms with Gasteiger partial charge in [-0.2, -0.15) is 0 Å². The van der Waals surface area contributed by atoms with Gasteiger partial charge in [0.2, 0.25) is 0 Å². The number of benzene rings is 13. The molecule has 0 saturated carbocycles. The Morgan fingerprint density at radius 3 is 1.06 bits per heavy atom. The Hall–Kier alpha value is -8.86. The molecule has 758 valence electrons. The molecule has 13 aromatic carbocycles. The number of rotatable bonds is 30.